The van der Waals surface area contributed by atoms with Crippen molar-refractivity contribution in [3.05, 3.63) is 90.3 Å². The van der Waals surface area contributed by atoms with Crippen LogP contribution in [0.5, 0.6) is 0 Å². The molecule has 0 aliphatic carbocycles. The Morgan fingerprint density at radius 2 is 1.74 bits per heavy atom. The van der Waals surface area contributed by atoms with E-state index in [0.717, 1.165) is 16.3 Å². The Kier molecular flexibility index (Phi) is 5.06. The monoisotopic (exact) mass is 320 g/mol. The predicted molar refractivity (Wildman–Crippen MR) is 94.6 cm³/mol. The van der Waals surface area contributed by atoms with Gasteiger partial charge >= 0.3 is 0 Å². The molecule has 0 aliphatic rings. The first-order valence-electron chi connectivity index (χ1n) is 7.29. The van der Waals surface area contributed by atoms with Gasteiger partial charge < -0.3 is 5.32 Å². The van der Waals surface area contributed by atoms with Crippen molar-refractivity contribution in [1.29, 1.82) is 0 Å². The number of carbonyl (C=O) groups excluding carboxylic acids is 1. The summed E-state index contributed by atoms with van der Waals surface area (Å²) in [5, 5.41) is 2.90. The molecule has 3 nitrogen and oxygen atoms in total. The van der Waals surface area contributed by atoms with Crippen LogP contribution in [0.1, 0.15) is 15.9 Å². The minimum Gasteiger partial charge on any atom is -0.322 e. The maximum Gasteiger partial charge on any atom is 0.255 e. The third-order valence-electron chi connectivity index (χ3n) is 3.28. The van der Waals surface area contributed by atoms with Crippen LogP contribution in [0.4, 0.5) is 5.69 Å². The topological polar surface area (TPSA) is 42.0 Å². The lowest BCUT2D eigenvalue weighted by atomic mass is 10.2. The van der Waals surface area contributed by atoms with Gasteiger partial charge in [0.2, 0.25) is 0 Å². The van der Waals surface area contributed by atoms with Crippen molar-refractivity contribution < 1.29 is 4.79 Å². The highest BCUT2D eigenvalue weighted by Gasteiger charge is 2.05. The second kappa shape index (κ2) is 7.61. The molecule has 2 aromatic carbocycles. The number of rotatable bonds is 5. The molecule has 23 heavy (non-hydrogen) atoms. The molecule has 1 aromatic heterocycles. The minimum atomic E-state index is -0.0960. The number of hydrogen-bond acceptors (Lipinski definition) is 3. The van der Waals surface area contributed by atoms with Gasteiger partial charge in [0.15, 0.2) is 0 Å². The molecule has 0 radical (unpaired) electrons. The summed E-state index contributed by atoms with van der Waals surface area (Å²) in [5.41, 5.74) is 2.64. The summed E-state index contributed by atoms with van der Waals surface area (Å²) >= 11 is 1.74. The van der Waals surface area contributed by atoms with Crippen molar-refractivity contribution >= 4 is 23.4 Å². The number of anilines is 1. The number of nitrogens with one attached hydrogen (secondary N) is 1. The van der Waals surface area contributed by atoms with E-state index in [1.54, 1.807) is 30.1 Å². The fourth-order valence-corrected chi connectivity index (χ4v) is 2.91. The molecule has 4 heteroatoms. The average Bonchev–Trinajstić information content (AvgIpc) is 2.63. The first-order valence-corrected chi connectivity index (χ1v) is 8.28. The van der Waals surface area contributed by atoms with Crippen LogP contribution in [0, 0.1) is 0 Å². The van der Waals surface area contributed by atoms with Crippen LogP contribution in [0.15, 0.2) is 84.0 Å². The summed E-state index contributed by atoms with van der Waals surface area (Å²) in [6.45, 7) is 0. The lowest BCUT2D eigenvalue weighted by Crippen LogP contribution is -2.11. The smallest absolute Gasteiger partial charge is 0.255 e. The Labute approximate surface area is 139 Å². The molecule has 0 unspecified atom stereocenters. The van der Waals surface area contributed by atoms with Crippen LogP contribution in [-0.2, 0) is 5.75 Å². The predicted octanol–water partition coefficient (Wildman–Crippen LogP) is 4.63. The molecule has 0 bridgehead atoms. The highest BCUT2D eigenvalue weighted by Crippen LogP contribution is 2.24. The third kappa shape index (κ3) is 4.44. The van der Waals surface area contributed by atoms with Gasteiger partial charge in [-0.05, 0) is 48.0 Å². The van der Waals surface area contributed by atoms with Crippen molar-refractivity contribution in [3.8, 4) is 0 Å². The minimum absolute atomic E-state index is 0.0960. The molecule has 114 valence electrons. The second-order valence-corrected chi connectivity index (χ2v) is 6.04. The van der Waals surface area contributed by atoms with Gasteiger partial charge in [-0.1, -0.05) is 24.3 Å². The van der Waals surface area contributed by atoms with Gasteiger partial charge in [-0.2, -0.15) is 0 Å². The van der Waals surface area contributed by atoms with Gasteiger partial charge in [-0.15, -0.1) is 11.8 Å². The van der Waals surface area contributed by atoms with Gasteiger partial charge in [0.05, 0.1) is 0 Å². The highest BCUT2D eigenvalue weighted by molar-refractivity contribution is 7.98. The lowest BCUT2D eigenvalue weighted by molar-refractivity contribution is 0.102. The van der Waals surface area contributed by atoms with Gasteiger partial charge in [-0.3, -0.25) is 9.78 Å². The van der Waals surface area contributed by atoms with Crippen molar-refractivity contribution in [1.82, 2.24) is 4.98 Å². The average molecular weight is 320 g/mol. The van der Waals surface area contributed by atoms with Gasteiger partial charge in [0, 0.05) is 34.3 Å². The number of hydrogen-bond donors (Lipinski definition) is 1. The van der Waals surface area contributed by atoms with Gasteiger partial charge in [0.25, 0.3) is 5.91 Å². The molecule has 0 fully saturated rings. The summed E-state index contributed by atoms with van der Waals surface area (Å²) in [7, 11) is 0. The Hall–Kier alpha value is -2.59. The molecule has 1 heterocycles. The normalized spacial score (nSPS) is 10.3. The molecule has 1 amide bonds. The summed E-state index contributed by atoms with van der Waals surface area (Å²) in [4.78, 5) is 17.4. The molecule has 0 spiro atoms. The SMILES string of the molecule is O=C(Nc1ccc(SCc2cccnc2)cc1)c1ccccc1. The Morgan fingerprint density at radius 3 is 2.43 bits per heavy atom. The van der Waals surface area contributed by atoms with Gasteiger partial charge in [0.1, 0.15) is 0 Å². The number of pyridine rings is 1. The molecule has 3 aromatic rings. The maximum atomic E-state index is 12.1. The lowest BCUT2D eigenvalue weighted by Gasteiger charge is -2.06. The molecular weight excluding hydrogens is 304 g/mol. The number of benzene rings is 2. The van der Waals surface area contributed by atoms with E-state index in [9.17, 15) is 4.79 Å². The van der Waals surface area contributed by atoms with Crippen molar-refractivity contribution in [2.75, 3.05) is 5.32 Å². The Bertz CT molecular complexity index is 758. The largest absolute Gasteiger partial charge is 0.322 e. The zero-order chi connectivity index (χ0) is 15.9. The highest BCUT2D eigenvalue weighted by atomic mass is 32.2. The van der Waals surface area contributed by atoms with E-state index >= 15 is 0 Å². The molecule has 1 N–H and O–H groups in total. The maximum absolute atomic E-state index is 12.1. The van der Waals surface area contributed by atoms with Crippen LogP contribution in [0.2, 0.25) is 0 Å². The Balaban J connectivity index is 1.58. The van der Waals surface area contributed by atoms with E-state index in [0.29, 0.717) is 5.56 Å². The molecule has 0 saturated carbocycles. The van der Waals surface area contributed by atoms with Crippen LogP contribution in [0.3, 0.4) is 0 Å². The number of carbonyl (C=O) groups is 1. The molecule has 0 saturated heterocycles. The van der Waals surface area contributed by atoms with E-state index in [1.165, 1.54) is 5.56 Å². The van der Waals surface area contributed by atoms with Crippen LogP contribution < -0.4 is 5.32 Å². The zero-order valence-electron chi connectivity index (χ0n) is 12.5. The fourth-order valence-electron chi connectivity index (χ4n) is 2.08. The molecule has 0 atom stereocenters. The Morgan fingerprint density at radius 1 is 0.957 bits per heavy atom. The van der Waals surface area contributed by atoms with E-state index in [-0.39, 0.29) is 5.91 Å². The summed E-state index contributed by atoms with van der Waals surface area (Å²) in [6, 6.07) is 21.1. The van der Waals surface area contributed by atoms with Crippen LogP contribution in [0.25, 0.3) is 0 Å². The van der Waals surface area contributed by atoms with Crippen LogP contribution >= 0.6 is 11.8 Å². The molecular formula is C19H16N2OS. The van der Waals surface area contributed by atoms with Crippen molar-refractivity contribution in [3.63, 3.8) is 0 Å². The molecule has 3 rings (SSSR count). The summed E-state index contributed by atoms with van der Waals surface area (Å²) in [6.07, 6.45) is 3.65. The summed E-state index contributed by atoms with van der Waals surface area (Å²) < 4.78 is 0. The summed E-state index contributed by atoms with van der Waals surface area (Å²) in [5.74, 6) is 0.783. The second-order valence-electron chi connectivity index (χ2n) is 4.99. The number of amides is 1. The van der Waals surface area contributed by atoms with Crippen molar-refractivity contribution in [2.24, 2.45) is 0 Å². The van der Waals surface area contributed by atoms with E-state index in [4.69, 9.17) is 0 Å². The van der Waals surface area contributed by atoms with Gasteiger partial charge in [-0.25, -0.2) is 0 Å². The first-order chi connectivity index (χ1) is 11.3. The quantitative estimate of drug-likeness (QED) is 0.697. The fraction of sp³-hybridized carbons (Fsp3) is 0.0526. The van der Waals surface area contributed by atoms with E-state index < -0.39 is 0 Å². The van der Waals surface area contributed by atoms with Crippen molar-refractivity contribution in [2.45, 2.75) is 10.6 Å². The van der Waals surface area contributed by atoms with E-state index in [1.807, 2.05) is 54.7 Å². The number of nitrogens with zero attached hydrogens (tertiary/aromatic N) is 1. The first kappa shape index (κ1) is 15.3. The van der Waals surface area contributed by atoms with E-state index in [2.05, 4.69) is 16.4 Å². The number of thioether (sulfide) groups is 1. The molecule has 0 aliphatic heterocycles. The standard InChI is InChI=1S/C19H16N2OS/c22-19(16-6-2-1-3-7-16)21-17-8-10-18(11-9-17)23-14-15-5-4-12-20-13-15/h1-13H,14H2,(H,21,22). The number of aromatic nitrogens is 1. The third-order valence-corrected chi connectivity index (χ3v) is 4.36. The van der Waals surface area contributed by atoms with Crippen LogP contribution in [-0.4, -0.2) is 10.9 Å². The zero-order valence-corrected chi connectivity index (χ0v) is 13.3.